The smallest absolute Gasteiger partial charge is 0.227 e. The van der Waals surface area contributed by atoms with Crippen LogP contribution in [0.1, 0.15) is 5.69 Å². The summed E-state index contributed by atoms with van der Waals surface area (Å²) in [4.78, 5) is 23.1. The number of imidazole rings is 1. The van der Waals surface area contributed by atoms with Gasteiger partial charge in [-0.3, -0.25) is 4.57 Å². The van der Waals surface area contributed by atoms with E-state index < -0.39 is 0 Å². The molecular weight excluding hydrogens is 394 g/mol. The van der Waals surface area contributed by atoms with Crippen molar-refractivity contribution in [3.05, 3.63) is 54.5 Å². The molecule has 158 valence electrons. The van der Waals surface area contributed by atoms with Gasteiger partial charge in [0.15, 0.2) is 5.65 Å². The Hall–Kier alpha value is -3.88. The highest BCUT2D eigenvalue weighted by molar-refractivity contribution is 5.76. The molecule has 1 aliphatic rings. The molecule has 4 heterocycles. The van der Waals surface area contributed by atoms with E-state index in [4.69, 9.17) is 14.7 Å². The number of rotatable bonds is 4. The molecule has 0 saturated carbocycles. The van der Waals surface area contributed by atoms with E-state index in [1.165, 1.54) is 0 Å². The van der Waals surface area contributed by atoms with Gasteiger partial charge in [-0.2, -0.15) is 9.97 Å². The van der Waals surface area contributed by atoms with Crippen LogP contribution < -0.4 is 14.5 Å². The summed E-state index contributed by atoms with van der Waals surface area (Å²) in [7, 11) is 1.60. The van der Waals surface area contributed by atoms with Gasteiger partial charge in [-0.25, -0.2) is 9.97 Å². The van der Waals surface area contributed by atoms with Crippen molar-refractivity contribution in [1.29, 1.82) is 0 Å². The molecule has 0 amide bonds. The molecule has 9 nitrogen and oxygen atoms in total. The summed E-state index contributed by atoms with van der Waals surface area (Å²) in [5.41, 5.74) is 3.43. The van der Waals surface area contributed by atoms with Crippen LogP contribution in [0.25, 0.3) is 17.0 Å². The molecule has 0 unspecified atom stereocenters. The molecule has 1 aliphatic heterocycles. The Morgan fingerprint density at radius 2 is 1.65 bits per heavy atom. The molecule has 1 aromatic carbocycles. The molecule has 3 aromatic heterocycles. The summed E-state index contributed by atoms with van der Waals surface area (Å²) in [5, 5.41) is 9.51. The number of phenols is 1. The monoisotopic (exact) mass is 417 g/mol. The number of methoxy groups -OCH3 is 1. The van der Waals surface area contributed by atoms with E-state index in [-0.39, 0.29) is 5.75 Å². The maximum atomic E-state index is 9.51. The minimum absolute atomic E-state index is 0.279. The van der Waals surface area contributed by atoms with E-state index in [1.807, 2.05) is 41.8 Å². The van der Waals surface area contributed by atoms with Crippen molar-refractivity contribution < 1.29 is 9.84 Å². The van der Waals surface area contributed by atoms with Crippen molar-refractivity contribution in [2.75, 3.05) is 43.1 Å². The zero-order valence-corrected chi connectivity index (χ0v) is 17.4. The second-order valence-corrected chi connectivity index (χ2v) is 7.42. The lowest BCUT2D eigenvalue weighted by molar-refractivity contribution is 0.397. The lowest BCUT2D eigenvalue weighted by Crippen LogP contribution is -2.47. The van der Waals surface area contributed by atoms with Crippen molar-refractivity contribution in [3.8, 4) is 17.4 Å². The molecule has 4 aromatic rings. The Morgan fingerprint density at radius 3 is 2.39 bits per heavy atom. The lowest BCUT2D eigenvalue weighted by atomic mass is 10.2. The van der Waals surface area contributed by atoms with Gasteiger partial charge < -0.3 is 19.6 Å². The number of phenolic OH excluding ortho intramolecular Hbond substituents is 1. The van der Waals surface area contributed by atoms with Crippen LogP contribution in [0.2, 0.25) is 0 Å². The first kappa shape index (κ1) is 19.1. The van der Waals surface area contributed by atoms with Gasteiger partial charge in [0.25, 0.3) is 0 Å². The van der Waals surface area contributed by atoms with Crippen LogP contribution in [0.4, 0.5) is 11.6 Å². The first-order valence-corrected chi connectivity index (χ1v) is 10.1. The molecule has 5 rings (SSSR count). The van der Waals surface area contributed by atoms with Crippen molar-refractivity contribution in [2.24, 2.45) is 0 Å². The number of aromatic hydroxyl groups is 1. The Balaban J connectivity index is 1.42. The van der Waals surface area contributed by atoms with E-state index in [2.05, 4.69) is 19.8 Å². The van der Waals surface area contributed by atoms with E-state index in [9.17, 15) is 5.11 Å². The number of nitrogens with zero attached hydrogens (tertiary/aromatic N) is 7. The van der Waals surface area contributed by atoms with Gasteiger partial charge in [-0.05, 0) is 37.3 Å². The zero-order valence-electron chi connectivity index (χ0n) is 17.4. The average Bonchev–Trinajstić information content (AvgIpc) is 3.24. The third-order valence-electron chi connectivity index (χ3n) is 5.50. The molecule has 0 aliphatic carbocycles. The third-order valence-corrected chi connectivity index (χ3v) is 5.50. The van der Waals surface area contributed by atoms with Crippen LogP contribution in [0, 0.1) is 6.92 Å². The van der Waals surface area contributed by atoms with Crippen molar-refractivity contribution >= 4 is 22.8 Å². The van der Waals surface area contributed by atoms with E-state index >= 15 is 0 Å². The summed E-state index contributed by atoms with van der Waals surface area (Å²) < 4.78 is 7.12. The highest BCUT2D eigenvalue weighted by Gasteiger charge is 2.22. The number of aryl methyl sites for hydroxylation is 1. The Bertz CT molecular complexity index is 1210. The summed E-state index contributed by atoms with van der Waals surface area (Å²) in [6.07, 6.45) is 1.72. The van der Waals surface area contributed by atoms with Crippen LogP contribution >= 0.6 is 0 Å². The number of anilines is 2. The van der Waals surface area contributed by atoms with Gasteiger partial charge in [0.2, 0.25) is 11.8 Å². The molecule has 1 N–H and O–H groups in total. The number of aromatic nitrogens is 5. The molecule has 1 saturated heterocycles. The maximum absolute atomic E-state index is 9.51. The van der Waals surface area contributed by atoms with Crippen LogP contribution in [0.3, 0.4) is 0 Å². The SMILES string of the molecule is COc1cccc(-n2cnc3c(C)nc(N4CCN(c5ccc(O)cc5)CC4)nc32)n1. The van der Waals surface area contributed by atoms with Gasteiger partial charge >= 0.3 is 0 Å². The number of ether oxygens (including phenoxy) is 1. The first-order valence-electron chi connectivity index (χ1n) is 10.1. The number of pyridine rings is 1. The van der Waals surface area contributed by atoms with Crippen LogP contribution in [-0.2, 0) is 0 Å². The van der Waals surface area contributed by atoms with E-state index in [1.54, 1.807) is 25.6 Å². The Kier molecular flexibility index (Phi) is 4.78. The number of benzene rings is 1. The fourth-order valence-corrected chi connectivity index (χ4v) is 3.82. The van der Waals surface area contributed by atoms with Crippen molar-refractivity contribution in [2.45, 2.75) is 6.92 Å². The first-order chi connectivity index (χ1) is 15.1. The molecule has 0 radical (unpaired) electrons. The highest BCUT2D eigenvalue weighted by atomic mass is 16.5. The van der Waals surface area contributed by atoms with E-state index in [0.717, 1.165) is 48.7 Å². The molecular formula is C22H23N7O2. The summed E-state index contributed by atoms with van der Waals surface area (Å²) in [6.45, 7) is 5.26. The quantitative estimate of drug-likeness (QED) is 0.542. The van der Waals surface area contributed by atoms with E-state index in [0.29, 0.717) is 17.6 Å². The predicted molar refractivity (Wildman–Crippen MR) is 118 cm³/mol. The van der Waals surface area contributed by atoms with Crippen LogP contribution in [0.5, 0.6) is 11.6 Å². The molecule has 9 heteroatoms. The Morgan fingerprint density at radius 1 is 0.903 bits per heavy atom. The molecule has 0 bridgehead atoms. The minimum atomic E-state index is 0.279. The zero-order chi connectivity index (χ0) is 21.4. The summed E-state index contributed by atoms with van der Waals surface area (Å²) in [5.74, 6) is 2.21. The summed E-state index contributed by atoms with van der Waals surface area (Å²) >= 11 is 0. The van der Waals surface area contributed by atoms with Crippen molar-refractivity contribution in [1.82, 2.24) is 24.5 Å². The molecule has 1 fully saturated rings. The minimum Gasteiger partial charge on any atom is -0.508 e. The number of fused-ring (bicyclic) bond motifs is 1. The second-order valence-electron chi connectivity index (χ2n) is 7.42. The van der Waals surface area contributed by atoms with Gasteiger partial charge in [-0.15, -0.1) is 0 Å². The average molecular weight is 417 g/mol. The second kappa shape index (κ2) is 7.75. The van der Waals surface area contributed by atoms with Crippen molar-refractivity contribution in [3.63, 3.8) is 0 Å². The standard InChI is InChI=1S/C22H23N7O2/c1-15-20-21(29(14-23-20)18-4-3-5-19(25-18)31-2)26-22(24-15)28-12-10-27(11-13-28)16-6-8-17(30)9-7-16/h3-9,14,30H,10-13H2,1-2H3. The highest BCUT2D eigenvalue weighted by Crippen LogP contribution is 2.24. The Labute approximate surface area is 179 Å². The number of hydrogen-bond donors (Lipinski definition) is 1. The molecule has 0 atom stereocenters. The van der Waals surface area contributed by atoms with Gasteiger partial charge in [0.05, 0.1) is 12.8 Å². The predicted octanol–water partition coefficient (Wildman–Crippen LogP) is 2.56. The lowest BCUT2D eigenvalue weighted by Gasteiger charge is -2.36. The normalized spacial score (nSPS) is 14.3. The van der Waals surface area contributed by atoms with Gasteiger partial charge in [-0.1, -0.05) is 6.07 Å². The number of hydrogen-bond acceptors (Lipinski definition) is 8. The topological polar surface area (TPSA) is 92.4 Å². The largest absolute Gasteiger partial charge is 0.508 e. The summed E-state index contributed by atoms with van der Waals surface area (Å²) in [6, 6.07) is 12.9. The molecule has 31 heavy (non-hydrogen) atoms. The molecule has 0 spiro atoms. The van der Waals surface area contributed by atoms with Gasteiger partial charge in [0, 0.05) is 37.9 Å². The van der Waals surface area contributed by atoms with Gasteiger partial charge in [0.1, 0.15) is 23.4 Å². The number of piperazine rings is 1. The van der Waals surface area contributed by atoms with Crippen LogP contribution in [-0.4, -0.2) is 62.9 Å². The fourth-order valence-electron chi connectivity index (χ4n) is 3.82. The fraction of sp³-hybridized carbons (Fsp3) is 0.273. The maximum Gasteiger partial charge on any atom is 0.227 e. The third kappa shape index (κ3) is 3.58. The van der Waals surface area contributed by atoms with Crippen LogP contribution in [0.15, 0.2) is 48.8 Å².